The van der Waals surface area contributed by atoms with Crippen molar-refractivity contribution in [3.8, 4) is 44.7 Å². The molecule has 0 aliphatic rings. The van der Waals surface area contributed by atoms with Crippen LogP contribution in [0.15, 0.2) is 73.1 Å². The molecule has 424 valence electrons. The van der Waals surface area contributed by atoms with Crippen molar-refractivity contribution in [1.82, 2.24) is 39.9 Å². The summed E-state index contributed by atoms with van der Waals surface area (Å²) in [5.41, 5.74) is 33.4. The summed E-state index contributed by atoms with van der Waals surface area (Å²) in [6.07, 6.45) is -0.601. The Hall–Kier alpha value is -5.94. The molecule has 0 aliphatic heterocycles. The van der Waals surface area contributed by atoms with E-state index in [0.717, 1.165) is 82.0 Å². The summed E-state index contributed by atoms with van der Waals surface area (Å²) in [5.74, 6) is 12.6. The Kier molecular flexibility index (Phi) is 35.9. The van der Waals surface area contributed by atoms with E-state index in [2.05, 4.69) is 113 Å². The quantitative estimate of drug-likeness (QED) is 0.0428. The minimum atomic E-state index is -0.995. The third-order valence-electron chi connectivity index (χ3n) is 9.15. The molecule has 4 amide bonds. The SMILES string of the molecule is COC([NH-])=O.COC([NH-])=O.COC([NH-])=O.COC([NH-])=O.O=[C-]Pc1ncc(-c2cc3sc(C#Cc4ccc5nc(P[C-]=O)[nH]c5c4)cc3s2)[nH]1.O=[C-]Pc1ncc(C#Cc2cc3sc(-c4ccc5nc(P[C-]=O)[nH]c5c4)cc3s2)[nH]1.[V+2].[V+2].[V+2].[V+2]. The molecule has 24 nitrogen and oxygen atoms in total. The van der Waals surface area contributed by atoms with Crippen LogP contribution in [0.2, 0.25) is 0 Å². The number of nitrogens with zero attached hydrogens (tertiary/aromatic N) is 4. The van der Waals surface area contributed by atoms with Gasteiger partial charge in [0.05, 0.1) is 105 Å². The molecule has 10 aromatic rings. The summed E-state index contributed by atoms with van der Waals surface area (Å²) in [6.45, 7) is 0. The third-order valence-corrected chi connectivity index (χ3v) is 16.0. The molecule has 0 saturated heterocycles. The predicted molar refractivity (Wildman–Crippen MR) is 320 cm³/mol. The van der Waals surface area contributed by atoms with E-state index >= 15 is 0 Å². The smallest absolute Gasteiger partial charge is 0.632 e. The zero-order chi connectivity index (χ0) is 58.1. The zero-order valence-electron chi connectivity index (χ0n) is 43.0. The molecule has 0 saturated carbocycles. The maximum Gasteiger partial charge on any atom is 2.00 e. The Balaban J connectivity index is 0.000000614. The minimum absolute atomic E-state index is 0. The van der Waals surface area contributed by atoms with Crippen LogP contribution in [0.25, 0.3) is 84.8 Å². The molecule has 10 rings (SSSR count). The van der Waals surface area contributed by atoms with Gasteiger partial charge in [0, 0.05) is 29.2 Å². The van der Waals surface area contributed by atoms with Gasteiger partial charge >= 0.3 is 74.2 Å². The van der Waals surface area contributed by atoms with Crippen LogP contribution in [-0.2, 0) is 112 Å². The first-order valence-corrected chi connectivity index (χ1v) is 28.7. The Bertz CT molecular complexity index is 3840. The number of thiophene rings is 4. The van der Waals surface area contributed by atoms with Crippen LogP contribution < -0.4 is 22.3 Å². The van der Waals surface area contributed by atoms with Crippen LogP contribution in [0, 0.1) is 23.7 Å². The van der Waals surface area contributed by atoms with E-state index in [-0.39, 0.29) is 109 Å². The number of carbonyl (C=O) groups excluding carboxylic acids is 8. The summed E-state index contributed by atoms with van der Waals surface area (Å²) >= 11 is 6.67. The molecule has 0 bridgehead atoms. The molecule has 0 spiro atoms. The van der Waals surface area contributed by atoms with Crippen molar-refractivity contribution in [3.05, 3.63) is 117 Å². The van der Waals surface area contributed by atoms with E-state index in [4.69, 9.17) is 22.9 Å². The Morgan fingerprint density at radius 1 is 0.476 bits per heavy atom. The summed E-state index contributed by atoms with van der Waals surface area (Å²) in [6, 6.07) is 27.8. The zero-order valence-corrected chi connectivity index (χ0v) is 55.9. The van der Waals surface area contributed by atoms with Gasteiger partial charge in [-0.3, -0.25) is 19.2 Å². The molecule has 36 heteroatoms. The minimum Gasteiger partial charge on any atom is -0.632 e. The number of benzene rings is 2. The van der Waals surface area contributed by atoms with Gasteiger partial charge < -0.3 is 81.0 Å². The number of hydrogen-bond donors (Lipinski definition) is 4. The Morgan fingerprint density at radius 2 is 0.881 bits per heavy atom. The van der Waals surface area contributed by atoms with Gasteiger partial charge in [-0.1, -0.05) is 17.9 Å². The number of hydrogen-bond acceptors (Lipinski definition) is 20. The van der Waals surface area contributed by atoms with Crippen LogP contribution in [0.3, 0.4) is 0 Å². The molecule has 4 atom stereocenters. The number of nitrogens with one attached hydrogen (secondary N) is 8. The average molecular weight is 1430 g/mol. The monoisotopic (exact) mass is 1430 g/mol. The molecule has 0 fully saturated rings. The van der Waals surface area contributed by atoms with Crippen molar-refractivity contribution < 1.29 is 132 Å². The molecule has 4 radical (unpaired) electrons. The molecule has 8 aromatic heterocycles. The van der Waals surface area contributed by atoms with Crippen LogP contribution in [-0.4, -0.2) is 117 Å². The van der Waals surface area contributed by atoms with Crippen LogP contribution in [0.5, 0.6) is 0 Å². The van der Waals surface area contributed by atoms with Gasteiger partial charge in [-0.05, 0) is 72.0 Å². The number of aromatic nitrogens is 8. The maximum absolute atomic E-state index is 10.6. The molecular weight excluding hydrogens is 1390 g/mol. The second-order valence-electron chi connectivity index (χ2n) is 14.2. The molecule has 2 aromatic carbocycles. The van der Waals surface area contributed by atoms with Gasteiger partial charge in [-0.25, -0.2) is 44.0 Å². The van der Waals surface area contributed by atoms with E-state index in [0.29, 0.717) is 28.0 Å². The van der Waals surface area contributed by atoms with Crippen LogP contribution in [0.1, 0.15) is 21.0 Å². The largest absolute Gasteiger partial charge is 2.00 e. The number of amides is 4. The topological polar surface area (TPSA) is 383 Å². The fourth-order valence-corrected chi connectivity index (χ4v) is 12.1. The van der Waals surface area contributed by atoms with E-state index in [1.165, 1.54) is 23.7 Å². The molecule has 8 heterocycles. The van der Waals surface area contributed by atoms with E-state index in [1.54, 1.807) is 57.7 Å². The first-order valence-electron chi connectivity index (χ1n) is 21.4. The number of carbonyl (C=O) groups is 4. The average Bonchev–Trinajstić information content (AvgIpc) is 4.46. The van der Waals surface area contributed by atoms with Gasteiger partial charge in [0.2, 0.25) is 24.4 Å². The van der Waals surface area contributed by atoms with Gasteiger partial charge in [0.1, 0.15) is 5.69 Å². The second kappa shape index (κ2) is 39.6. The number of H-pyrrole nitrogens is 4. The number of rotatable bonds is 10. The molecule has 8 N–H and O–H groups in total. The number of methoxy groups -OCH3 is 4. The standard InChI is InChI=1S/2C20H10N4O2P2S2.4C2H5NO2.4V/c25-9-27-19-21-8-12(22-19)2-3-13-6-17-18(29-13)7-16(30-17)11-1-4-14-15(5-11)24-20(23-14)28-10-26;25-9-27-19-21-8-15(24-19)16-7-18-17(30-16)6-12(29-18)3-1-11-2-4-13-14(5-11)23-20(22-13)28-10-26;4*1-5-2(3)4;;;;/h1,4-8,27-28H,(H,21,22)(H,23,24);2,4-8,27-28H,(H,21,24)(H,22,23);4*1H3,(H2,3,4);;;;/q2*-2;;;;;4*+2/p-4. The summed E-state index contributed by atoms with van der Waals surface area (Å²) in [5, 5.41) is 0. The van der Waals surface area contributed by atoms with Crippen LogP contribution in [0.4, 0.5) is 19.2 Å². The molecule has 84 heavy (non-hydrogen) atoms. The van der Waals surface area contributed by atoms with Crippen molar-refractivity contribution in [2.24, 2.45) is 0 Å². The molecule has 0 aliphatic carbocycles. The Labute approximate surface area is 547 Å². The molecular formula is C48H36N12O12P4S4V4. The van der Waals surface area contributed by atoms with Crippen molar-refractivity contribution in [2.45, 2.75) is 0 Å². The van der Waals surface area contributed by atoms with Gasteiger partial charge in [-0.15, -0.1) is 45.3 Å². The summed E-state index contributed by atoms with van der Waals surface area (Å²) in [7, 11) is 4.29. The van der Waals surface area contributed by atoms with Gasteiger partial charge in [-0.2, -0.15) is 34.3 Å². The van der Waals surface area contributed by atoms with Crippen molar-refractivity contribution >= 4 is 191 Å². The van der Waals surface area contributed by atoms with Gasteiger partial charge in [0.15, 0.2) is 0 Å². The van der Waals surface area contributed by atoms with Crippen molar-refractivity contribution in [3.63, 3.8) is 0 Å². The number of fused-ring (bicyclic) bond motifs is 4. The Morgan fingerprint density at radius 3 is 1.36 bits per heavy atom. The summed E-state index contributed by atoms with van der Waals surface area (Å²) in [4.78, 5) is 113. The second-order valence-corrected chi connectivity index (χ2v) is 22.2. The van der Waals surface area contributed by atoms with Gasteiger partial charge in [0.25, 0.3) is 0 Å². The maximum atomic E-state index is 10.6. The van der Waals surface area contributed by atoms with Crippen LogP contribution >= 0.6 is 79.7 Å². The summed E-state index contributed by atoms with van der Waals surface area (Å²) < 4.78 is 19.8. The number of ether oxygens (including phenoxy) is 4. The first-order chi connectivity index (χ1) is 38.5. The number of aromatic amines is 4. The number of imidazole rings is 4. The van der Waals surface area contributed by atoms with Crippen molar-refractivity contribution in [1.29, 1.82) is 0 Å². The molecule has 4 unspecified atom stereocenters. The van der Waals surface area contributed by atoms with Crippen molar-refractivity contribution in [2.75, 3.05) is 28.4 Å². The first kappa shape index (κ1) is 76.1. The van der Waals surface area contributed by atoms with E-state index < -0.39 is 24.4 Å². The van der Waals surface area contributed by atoms with E-state index in [9.17, 15) is 38.4 Å². The fraction of sp³-hybridized carbons (Fsp3) is 0.0833. The van der Waals surface area contributed by atoms with E-state index in [1.807, 2.05) is 54.4 Å². The predicted octanol–water partition coefficient (Wildman–Crippen LogP) is 9.95. The third kappa shape index (κ3) is 24.6. The fourth-order valence-electron chi connectivity index (χ4n) is 5.85. The normalized spacial score (nSPS) is 9.95.